The molecule has 0 saturated heterocycles. The Kier molecular flexibility index (Phi) is 4.74. The van der Waals surface area contributed by atoms with E-state index in [0.717, 1.165) is 13.2 Å². The number of halogens is 4. The van der Waals surface area contributed by atoms with Crippen LogP contribution in [0.25, 0.3) is 0 Å². The zero-order chi connectivity index (χ0) is 15.7. The molecule has 1 aromatic rings. The van der Waals surface area contributed by atoms with Crippen molar-refractivity contribution in [2.75, 3.05) is 7.11 Å². The minimum atomic E-state index is -4.57. The van der Waals surface area contributed by atoms with Crippen molar-refractivity contribution in [3.63, 3.8) is 0 Å². The normalized spacial score (nSPS) is 12.3. The summed E-state index contributed by atoms with van der Waals surface area (Å²) < 4.78 is 43.8. The highest BCUT2D eigenvalue weighted by Crippen LogP contribution is 2.42. The Hall–Kier alpha value is -1.24. The molecule has 3 nitrogen and oxygen atoms in total. The van der Waals surface area contributed by atoms with Crippen LogP contribution in [0.4, 0.5) is 13.2 Å². The summed E-state index contributed by atoms with van der Waals surface area (Å²) in [5.74, 6) is -1.38. The van der Waals surface area contributed by atoms with E-state index < -0.39 is 23.1 Å². The maximum Gasteiger partial charge on any atom is 0.420 e. The van der Waals surface area contributed by atoms with Gasteiger partial charge < -0.3 is 9.84 Å². The van der Waals surface area contributed by atoms with Crippen molar-refractivity contribution < 1.29 is 27.8 Å². The summed E-state index contributed by atoms with van der Waals surface area (Å²) >= 11 is 3.02. The van der Waals surface area contributed by atoms with Gasteiger partial charge in [-0.05, 0) is 53.9 Å². The van der Waals surface area contributed by atoms with E-state index in [1.807, 2.05) is 0 Å². The lowest BCUT2D eigenvalue weighted by atomic mass is 9.85. The molecule has 0 aliphatic rings. The molecular weight excluding hydrogens is 341 g/mol. The number of rotatable bonds is 4. The van der Waals surface area contributed by atoms with Crippen molar-refractivity contribution in [2.45, 2.75) is 26.4 Å². The van der Waals surface area contributed by atoms with Crippen LogP contribution in [0.3, 0.4) is 0 Å². The number of hydrogen-bond donors (Lipinski definition) is 1. The molecule has 20 heavy (non-hydrogen) atoms. The van der Waals surface area contributed by atoms with Gasteiger partial charge >= 0.3 is 12.1 Å². The van der Waals surface area contributed by atoms with E-state index in [4.69, 9.17) is 9.84 Å². The van der Waals surface area contributed by atoms with Crippen molar-refractivity contribution in [3.8, 4) is 5.75 Å². The summed E-state index contributed by atoms with van der Waals surface area (Å²) in [6.45, 7) is 2.92. The van der Waals surface area contributed by atoms with Crippen molar-refractivity contribution in [3.05, 3.63) is 27.7 Å². The molecule has 1 aromatic carbocycles. The number of carboxylic acid groups (broad SMARTS) is 1. The Morgan fingerprint density at radius 2 is 1.90 bits per heavy atom. The zero-order valence-corrected chi connectivity index (χ0v) is 12.7. The highest BCUT2D eigenvalue weighted by atomic mass is 79.9. The van der Waals surface area contributed by atoms with Crippen molar-refractivity contribution in [1.82, 2.24) is 0 Å². The summed E-state index contributed by atoms with van der Waals surface area (Å²) in [6.07, 6.45) is -4.59. The summed E-state index contributed by atoms with van der Waals surface area (Å²) in [4.78, 5) is 11.1. The predicted molar refractivity (Wildman–Crippen MR) is 70.8 cm³/mol. The van der Waals surface area contributed by atoms with Crippen LogP contribution in [0.5, 0.6) is 5.75 Å². The minimum absolute atomic E-state index is 0.0198. The second-order valence-electron chi connectivity index (χ2n) is 5.02. The maximum atomic E-state index is 13.0. The fourth-order valence-electron chi connectivity index (χ4n) is 1.76. The van der Waals surface area contributed by atoms with E-state index in [1.54, 1.807) is 0 Å². The number of carbonyl (C=O) groups is 1. The summed E-state index contributed by atoms with van der Waals surface area (Å²) in [5, 5.41) is 9.04. The largest absolute Gasteiger partial charge is 0.495 e. The van der Waals surface area contributed by atoms with E-state index in [9.17, 15) is 18.0 Å². The number of carboxylic acids is 1. The van der Waals surface area contributed by atoms with Crippen LogP contribution >= 0.6 is 15.9 Å². The molecule has 0 fully saturated rings. The molecule has 0 radical (unpaired) electrons. The lowest BCUT2D eigenvalue weighted by Crippen LogP contribution is -2.26. The molecule has 112 valence electrons. The van der Waals surface area contributed by atoms with E-state index in [0.29, 0.717) is 0 Å². The first kappa shape index (κ1) is 16.8. The van der Waals surface area contributed by atoms with Gasteiger partial charge in [-0.2, -0.15) is 13.2 Å². The van der Waals surface area contributed by atoms with Crippen LogP contribution in [0, 0.1) is 5.41 Å². The number of methoxy groups -OCH3 is 1. The quantitative estimate of drug-likeness (QED) is 0.884. The molecule has 0 bridgehead atoms. The Balaban J connectivity index is 3.32. The van der Waals surface area contributed by atoms with E-state index in [-0.39, 0.29) is 22.2 Å². The molecular formula is C13H14BrF3O3. The molecule has 0 spiro atoms. The molecule has 0 aliphatic carbocycles. The Labute approximate surface area is 122 Å². The van der Waals surface area contributed by atoms with Gasteiger partial charge in [0, 0.05) is 0 Å². The lowest BCUT2D eigenvalue weighted by Gasteiger charge is -2.21. The molecule has 0 heterocycles. The Bertz CT molecular complexity index is 524. The highest BCUT2D eigenvalue weighted by molar-refractivity contribution is 9.10. The first-order valence-electron chi connectivity index (χ1n) is 5.66. The SMILES string of the molecule is COc1c(Br)cc(CC(C)(C)C(=O)O)cc1C(F)(F)F. The molecule has 1 N–H and O–H groups in total. The van der Waals surface area contributed by atoms with Crippen LogP contribution in [-0.4, -0.2) is 18.2 Å². The van der Waals surface area contributed by atoms with Crippen LogP contribution < -0.4 is 4.74 Å². The van der Waals surface area contributed by atoms with Gasteiger partial charge in [0.25, 0.3) is 0 Å². The average Bonchev–Trinajstić information content (AvgIpc) is 2.26. The third-order valence-corrected chi connectivity index (χ3v) is 3.43. The van der Waals surface area contributed by atoms with Gasteiger partial charge in [-0.1, -0.05) is 0 Å². The topological polar surface area (TPSA) is 46.5 Å². The number of hydrogen-bond acceptors (Lipinski definition) is 2. The molecule has 0 saturated carbocycles. The van der Waals surface area contributed by atoms with Gasteiger partial charge in [0.15, 0.2) is 0 Å². The fraction of sp³-hybridized carbons (Fsp3) is 0.462. The summed E-state index contributed by atoms with van der Waals surface area (Å²) in [6, 6.07) is 2.37. The Morgan fingerprint density at radius 1 is 1.35 bits per heavy atom. The van der Waals surface area contributed by atoms with Crippen molar-refractivity contribution >= 4 is 21.9 Å². The van der Waals surface area contributed by atoms with Crippen molar-refractivity contribution in [1.29, 1.82) is 0 Å². The van der Waals surface area contributed by atoms with Gasteiger partial charge in [0.05, 0.1) is 22.6 Å². The van der Waals surface area contributed by atoms with Gasteiger partial charge in [-0.15, -0.1) is 0 Å². The first-order valence-corrected chi connectivity index (χ1v) is 6.45. The minimum Gasteiger partial charge on any atom is -0.495 e. The highest BCUT2D eigenvalue weighted by Gasteiger charge is 2.36. The van der Waals surface area contributed by atoms with Gasteiger partial charge in [0.1, 0.15) is 5.75 Å². The maximum absolute atomic E-state index is 13.0. The third-order valence-electron chi connectivity index (χ3n) is 2.84. The van der Waals surface area contributed by atoms with Crippen LogP contribution in [0.1, 0.15) is 25.0 Å². The summed E-state index contributed by atoms with van der Waals surface area (Å²) in [7, 11) is 1.15. The lowest BCUT2D eigenvalue weighted by molar-refractivity contribution is -0.146. The average molecular weight is 355 g/mol. The monoisotopic (exact) mass is 354 g/mol. The van der Waals surface area contributed by atoms with E-state index in [1.165, 1.54) is 19.9 Å². The second-order valence-corrected chi connectivity index (χ2v) is 5.88. The second kappa shape index (κ2) is 5.63. The van der Waals surface area contributed by atoms with Crippen LogP contribution in [0.15, 0.2) is 16.6 Å². The van der Waals surface area contributed by atoms with Crippen LogP contribution in [0.2, 0.25) is 0 Å². The number of benzene rings is 1. The van der Waals surface area contributed by atoms with Gasteiger partial charge in [-0.25, -0.2) is 0 Å². The molecule has 7 heteroatoms. The van der Waals surface area contributed by atoms with E-state index >= 15 is 0 Å². The molecule has 0 unspecified atom stereocenters. The molecule has 0 amide bonds. The molecule has 0 atom stereocenters. The molecule has 1 rings (SSSR count). The fourth-order valence-corrected chi connectivity index (χ4v) is 2.43. The standard InChI is InChI=1S/C13H14BrF3O3/c1-12(2,11(18)19)6-7-4-8(13(15,16)17)10(20-3)9(14)5-7/h4-5H,6H2,1-3H3,(H,18,19). The number of alkyl halides is 3. The predicted octanol–water partition coefficient (Wildman–Crippen LogP) is 4.13. The zero-order valence-electron chi connectivity index (χ0n) is 11.1. The molecule has 0 aliphatic heterocycles. The number of aliphatic carboxylic acids is 1. The first-order chi connectivity index (χ1) is 8.99. The van der Waals surface area contributed by atoms with Gasteiger partial charge in [-0.3, -0.25) is 4.79 Å². The smallest absolute Gasteiger partial charge is 0.420 e. The van der Waals surface area contributed by atoms with Crippen molar-refractivity contribution in [2.24, 2.45) is 5.41 Å². The van der Waals surface area contributed by atoms with Gasteiger partial charge in [0.2, 0.25) is 0 Å². The summed E-state index contributed by atoms with van der Waals surface area (Å²) in [5.41, 5.74) is -1.81. The molecule has 0 aromatic heterocycles. The number of ether oxygens (including phenoxy) is 1. The van der Waals surface area contributed by atoms with E-state index in [2.05, 4.69) is 15.9 Å². The van der Waals surface area contributed by atoms with Crippen LogP contribution in [-0.2, 0) is 17.4 Å². The Morgan fingerprint density at radius 3 is 2.30 bits per heavy atom. The third kappa shape index (κ3) is 3.65.